The first kappa shape index (κ1) is 8.94. The fourth-order valence-corrected chi connectivity index (χ4v) is 0.445. The van der Waals surface area contributed by atoms with Crippen molar-refractivity contribution in [3.8, 4) is 0 Å². The molecule has 2 unspecified atom stereocenters. The minimum atomic E-state index is -0.725. The van der Waals surface area contributed by atoms with E-state index in [1.165, 1.54) is 6.92 Å². The lowest BCUT2D eigenvalue weighted by Crippen LogP contribution is -2.34. The highest BCUT2D eigenvalue weighted by Crippen LogP contribution is 2.07. The largest absolute Gasteiger partial charge is 0.369 e. The third-order valence-corrected chi connectivity index (χ3v) is 1.42. The molecule has 0 bridgehead atoms. The number of carbonyl (C=O) groups excluding carboxylic acids is 2. The summed E-state index contributed by atoms with van der Waals surface area (Å²) in [7, 11) is 0. The van der Waals surface area contributed by atoms with Gasteiger partial charge >= 0.3 is 0 Å². The van der Waals surface area contributed by atoms with Gasteiger partial charge in [0.25, 0.3) is 0 Å². The number of hydrogen-bond acceptors (Lipinski definition) is 2. The van der Waals surface area contributed by atoms with Crippen molar-refractivity contribution in [2.45, 2.75) is 6.92 Å². The molecule has 4 N–H and O–H groups in total. The summed E-state index contributed by atoms with van der Waals surface area (Å²) in [5.41, 5.74) is 9.75. The zero-order valence-electron chi connectivity index (χ0n) is 5.83. The van der Waals surface area contributed by atoms with Crippen molar-refractivity contribution in [2.75, 3.05) is 0 Å². The molecular weight excluding hydrogens is 132 g/mol. The number of amides is 2. The number of carbonyl (C=O) groups is 2. The molecule has 4 nitrogen and oxygen atoms in total. The average molecular weight is 143 g/mol. The summed E-state index contributed by atoms with van der Waals surface area (Å²) in [6.07, 6.45) is 0. The molecule has 0 saturated heterocycles. The van der Waals surface area contributed by atoms with Crippen LogP contribution >= 0.6 is 0 Å². The van der Waals surface area contributed by atoms with E-state index in [1.807, 2.05) is 0 Å². The van der Waals surface area contributed by atoms with E-state index in [0.717, 1.165) is 0 Å². The Morgan fingerprint density at radius 1 is 1.30 bits per heavy atom. The highest BCUT2D eigenvalue weighted by atomic mass is 16.2. The Bertz CT molecular complexity index is 138. The lowest BCUT2D eigenvalue weighted by Gasteiger charge is -2.11. The van der Waals surface area contributed by atoms with Crippen LogP contribution in [0.1, 0.15) is 6.92 Å². The van der Waals surface area contributed by atoms with Crippen LogP contribution < -0.4 is 11.5 Å². The zero-order chi connectivity index (χ0) is 8.31. The smallest absolute Gasteiger partial charge is 0.221 e. The maximum absolute atomic E-state index is 10.4. The molecule has 0 spiro atoms. The molecule has 0 fully saturated rings. The molecule has 57 valence electrons. The van der Waals surface area contributed by atoms with E-state index in [0.29, 0.717) is 0 Å². The molecule has 2 atom stereocenters. The van der Waals surface area contributed by atoms with Crippen LogP contribution in [0.15, 0.2) is 0 Å². The second-order valence-corrected chi connectivity index (χ2v) is 2.20. The molecule has 0 aromatic heterocycles. The summed E-state index contributed by atoms with van der Waals surface area (Å²) >= 11 is 0. The van der Waals surface area contributed by atoms with E-state index in [2.05, 4.69) is 6.92 Å². The van der Waals surface area contributed by atoms with Gasteiger partial charge < -0.3 is 11.5 Å². The SMILES string of the molecule is [CH2]C(C(N)=O)C(C)C(N)=O. The lowest BCUT2D eigenvalue weighted by molar-refractivity contribution is -0.129. The van der Waals surface area contributed by atoms with Crippen LogP contribution in [0.25, 0.3) is 0 Å². The molecule has 0 aromatic rings. The third-order valence-electron chi connectivity index (χ3n) is 1.42. The van der Waals surface area contributed by atoms with Gasteiger partial charge in [0, 0.05) is 11.8 Å². The van der Waals surface area contributed by atoms with Gasteiger partial charge in [0.2, 0.25) is 11.8 Å². The molecule has 0 aliphatic heterocycles. The average Bonchev–Trinajstić information content (AvgIpc) is 1.84. The number of primary amides is 2. The van der Waals surface area contributed by atoms with Gasteiger partial charge in [-0.25, -0.2) is 0 Å². The molecule has 0 aromatic carbocycles. The van der Waals surface area contributed by atoms with Gasteiger partial charge in [-0.3, -0.25) is 9.59 Å². The molecule has 4 heteroatoms. The van der Waals surface area contributed by atoms with Gasteiger partial charge in [-0.15, -0.1) is 0 Å². The van der Waals surface area contributed by atoms with Crippen LogP contribution in [0.3, 0.4) is 0 Å². The van der Waals surface area contributed by atoms with Crippen molar-refractivity contribution in [3.05, 3.63) is 6.92 Å². The van der Waals surface area contributed by atoms with E-state index >= 15 is 0 Å². The quantitative estimate of drug-likeness (QED) is 0.533. The topological polar surface area (TPSA) is 86.2 Å². The highest BCUT2D eigenvalue weighted by molar-refractivity contribution is 5.86. The Morgan fingerprint density at radius 3 is 1.80 bits per heavy atom. The lowest BCUT2D eigenvalue weighted by atomic mass is 9.95. The van der Waals surface area contributed by atoms with Crippen molar-refractivity contribution in [1.29, 1.82) is 0 Å². The summed E-state index contributed by atoms with van der Waals surface area (Å²) in [6, 6.07) is 0. The normalized spacial score (nSPS) is 15.8. The maximum Gasteiger partial charge on any atom is 0.221 e. The summed E-state index contributed by atoms with van der Waals surface area (Å²) in [6.45, 7) is 4.90. The Morgan fingerprint density at radius 2 is 1.70 bits per heavy atom. The summed E-state index contributed by atoms with van der Waals surface area (Å²) in [5.74, 6) is -2.47. The molecule has 1 radical (unpaired) electrons. The summed E-state index contributed by atoms with van der Waals surface area (Å²) in [5, 5.41) is 0. The summed E-state index contributed by atoms with van der Waals surface area (Å²) < 4.78 is 0. The van der Waals surface area contributed by atoms with Crippen molar-refractivity contribution in [3.63, 3.8) is 0 Å². The zero-order valence-corrected chi connectivity index (χ0v) is 5.83. The van der Waals surface area contributed by atoms with Crippen LogP contribution in [-0.4, -0.2) is 11.8 Å². The van der Waals surface area contributed by atoms with Crippen molar-refractivity contribution in [1.82, 2.24) is 0 Å². The molecule has 0 aliphatic carbocycles. The highest BCUT2D eigenvalue weighted by Gasteiger charge is 2.21. The second-order valence-electron chi connectivity index (χ2n) is 2.20. The van der Waals surface area contributed by atoms with Crippen LogP contribution in [0, 0.1) is 18.8 Å². The van der Waals surface area contributed by atoms with Gasteiger partial charge in [-0.2, -0.15) is 0 Å². The van der Waals surface area contributed by atoms with E-state index < -0.39 is 23.7 Å². The maximum atomic E-state index is 10.4. The Balaban J connectivity index is 4.07. The Kier molecular flexibility index (Phi) is 2.86. The van der Waals surface area contributed by atoms with Gasteiger partial charge in [-0.1, -0.05) is 6.92 Å². The molecule has 0 heterocycles. The minimum Gasteiger partial charge on any atom is -0.369 e. The van der Waals surface area contributed by atoms with Crippen molar-refractivity contribution >= 4 is 11.8 Å². The molecular formula is C6H11N2O2. The van der Waals surface area contributed by atoms with Gasteiger partial charge in [-0.05, 0) is 6.92 Å². The predicted molar refractivity (Wildman–Crippen MR) is 36.4 cm³/mol. The number of hydrogen-bond donors (Lipinski definition) is 2. The van der Waals surface area contributed by atoms with Crippen LogP contribution in [0.2, 0.25) is 0 Å². The van der Waals surface area contributed by atoms with E-state index in [9.17, 15) is 9.59 Å². The van der Waals surface area contributed by atoms with Crippen molar-refractivity contribution < 1.29 is 9.59 Å². The van der Waals surface area contributed by atoms with E-state index in [-0.39, 0.29) is 0 Å². The monoisotopic (exact) mass is 143 g/mol. The van der Waals surface area contributed by atoms with Crippen molar-refractivity contribution in [2.24, 2.45) is 23.3 Å². The second kappa shape index (κ2) is 3.20. The number of rotatable bonds is 3. The van der Waals surface area contributed by atoms with Crippen LogP contribution in [0.5, 0.6) is 0 Å². The first-order chi connectivity index (χ1) is 4.46. The predicted octanol–water partition coefficient (Wildman–Crippen LogP) is -0.957. The van der Waals surface area contributed by atoms with Gasteiger partial charge in [0.05, 0.1) is 0 Å². The number of nitrogens with two attached hydrogens (primary N) is 2. The molecule has 0 rings (SSSR count). The fourth-order valence-electron chi connectivity index (χ4n) is 0.445. The first-order valence-corrected chi connectivity index (χ1v) is 2.88. The molecule has 10 heavy (non-hydrogen) atoms. The minimum absolute atomic E-state index is 0.557. The van der Waals surface area contributed by atoms with E-state index in [4.69, 9.17) is 11.5 Å². The van der Waals surface area contributed by atoms with Crippen LogP contribution in [0.4, 0.5) is 0 Å². The third kappa shape index (κ3) is 2.05. The Hall–Kier alpha value is -1.06. The Labute approximate surface area is 59.6 Å². The first-order valence-electron chi connectivity index (χ1n) is 2.88. The fraction of sp³-hybridized carbons (Fsp3) is 0.500. The molecule has 2 amide bonds. The summed E-state index contributed by atoms with van der Waals surface area (Å²) in [4.78, 5) is 20.8. The van der Waals surface area contributed by atoms with E-state index in [1.54, 1.807) is 0 Å². The molecule has 0 saturated carbocycles. The van der Waals surface area contributed by atoms with Gasteiger partial charge in [0.15, 0.2) is 0 Å². The molecule has 0 aliphatic rings. The standard InChI is InChI=1S/C6H11N2O2/c1-3(5(7)9)4(2)6(8)10/h3-4H,1H2,2H3,(H2,7,9)(H2,8,10). The van der Waals surface area contributed by atoms with Crippen LogP contribution in [-0.2, 0) is 9.59 Å². The van der Waals surface area contributed by atoms with Gasteiger partial charge in [0.1, 0.15) is 0 Å².